The van der Waals surface area contributed by atoms with E-state index >= 15 is 0 Å². The third kappa shape index (κ3) is 6.99. The molecule has 0 saturated heterocycles. The van der Waals surface area contributed by atoms with Gasteiger partial charge >= 0.3 is 7.60 Å². The summed E-state index contributed by atoms with van der Waals surface area (Å²) < 4.78 is 10.5. The molecule has 0 saturated carbocycles. The van der Waals surface area contributed by atoms with Gasteiger partial charge in [-0.1, -0.05) is 50.1 Å². The van der Waals surface area contributed by atoms with Crippen LogP contribution in [-0.2, 0) is 4.57 Å². The molecule has 0 atom stereocenters. The summed E-state index contributed by atoms with van der Waals surface area (Å²) in [6, 6.07) is 7.70. The summed E-state index contributed by atoms with van der Waals surface area (Å²) in [5, 5.41) is 18.8. The number of hydrogen-bond donors (Lipinski definition) is 4. The first-order chi connectivity index (χ1) is 8.85. The fourth-order valence-electron chi connectivity index (χ4n) is 0.877. The van der Waals surface area contributed by atoms with Gasteiger partial charge in [0.2, 0.25) is 0 Å². The standard InChI is InChI=1S/C6H7O3P.C5H10Br2O2/c7-10(8,9)6-4-2-1-3-5-6;6-1-5(2-7,3-8)4-9/h1-5H,(H2,7,8,9);8-9H,1-4H2. The second kappa shape index (κ2) is 9.23. The van der Waals surface area contributed by atoms with Crippen molar-refractivity contribution in [2.45, 2.75) is 0 Å². The number of benzene rings is 1. The molecular formula is C11H17Br2O5P. The van der Waals surface area contributed by atoms with Gasteiger partial charge in [0.1, 0.15) is 0 Å². The Bertz CT molecular complexity index is 374. The number of hydrogen-bond acceptors (Lipinski definition) is 3. The number of rotatable bonds is 5. The van der Waals surface area contributed by atoms with E-state index in [1.165, 1.54) is 12.1 Å². The van der Waals surface area contributed by atoms with E-state index in [9.17, 15) is 4.57 Å². The molecule has 0 spiro atoms. The van der Waals surface area contributed by atoms with Crippen LogP contribution in [0.5, 0.6) is 0 Å². The van der Waals surface area contributed by atoms with Crippen LogP contribution in [0.4, 0.5) is 0 Å². The van der Waals surface area contributed by atoms with Crippen molar-refractivity contribution in [1.29, 1.82) is 0 Å². The third-order valence-electron chi connectivity index (χ3n) is 2.33. The van der Waals surface area contributed by atoms with Crippen LogP contribution in [0.25, 0.3) is 0 Å². The van der Waals surface area contributed by atoms with Crippen molar-refractivity contribution in [2.24, 2.45) is 5.41 Å². The summed E-state index contributed by atoms with van der Waals surface area (Å²) in [7, 11) is -4.02. The van der Waals surface area contributed by atoms with E-state index in [2.05, 4.69) is 31.9 Å². The second-order valence-corrected chi connectivity index (χ2v) is 6.69. The maximum absolute atomic E-state index is 10.5. The van der Waals surface area contributed by atoms with E-state index in [1.807, 2.05) is 0 Å². The van der Waals surface area contributed by atoms with Crippen LogP contribution >= 0.6 is 39.5 Å². The largest absolute Gasteiger partial charge is 0.396 e. The van der Waals surface area contributed by atoms with Crippen molar-refractivity contribution < 1.29 is 24.6 Å². The number of aliphatic hydroxyl groups is 2. The monoisotopic (exact) mass is 418 g/mol. The highest BCUT2D eigenvalue weighted by Crippen LogP contribution is 2.32. The van der Waals surface area contributed by atoms with Crippen molar-refractivity contribution >= 4 is 44.8 Å². The smallest absolute Gasteiger partial charge is 0.356 e. The number of alkyl halides is 2. The molecule has 1 aromatic carbocycles. The lowest BCUT2D eigenvalue weighted by atomic mass is 9.97. The van der Waals surface area contributed by atoms with Gasteiger partial charge in [-0.15, -0.1) is 0 Å². The van der Waals surface area contributed by atoms with Gasteiger partial charge < -0.3 is 20.0 Å². The summed E-state index contributed by atoms with van der Waals surface area (Å²) in [6.45, 7) is 0. The maximum atomic E-state index is 10.5. The first-order valence-electron chi connectivity index (χ1n) is 5.30. The highest BCUT2D eigenvalue weighted by molar-refractivity contribution is 9.09. The summed E-state index contributed by atoms with van der Waals surface area (Å²) in [5.41, 5.74) is -0.389. The fourth-order valence-corrected chi connectivity index (χ4v) is 3.08. The van der Waals surface area contributed by atoms with Crippen LogP contribution in [0.15, 0.2) is 30.3 Å². The molecule has 1 rings (SSSR count). The van der Waals surface area contributed by atoms with E-state index < -0.39 is 7.60 Å². The Hall–Kier alpha value is 0.250. The number of halogens is 2. The molecule has 0 aliphatic rings. The second-order valence-electron chi connectivity index (χ2n) is 3.96. The molecule has 0 unspecified atom stereocenters. The van der Waals surface area contributed by atoms with Crippen molar-refractivity contribution in [2.75, 3.05) is 23.9 Å². The molecule has 0 amide bonds. The Morgan fingerprint density at radius 2 is 1.42 bits per heavy atom. The zero-order valence-corrected chi connectivity index (χ0v) is 14.2. The average molecular weight is 420 g/mol. The Morgan fingerprint density at radius 3 is 1.58 bits per heavy atom. The quantitative estimate of drug-likeness (QED) is 0.425. The summed E-state index contributed by atoms with van der Waals surface area (Å²) in [6.07, 6.45) is 0. The summed E-state index contributed by atoms with van der Waals surface area (Å²) in [5.74, 6) is 0. The van der Waals surface area contributed by atoms with Crippen LogP contribution in [0.3, 0.4) is 0 Å². The summed E-state index contributed by atoms with van der Waals surface area (Å²) >= 11 is 6.41. The van der Waals surface area contributed by atoms with Gasteiger partial charge in [-0.05, 0) is 12.1 Å². The van der Waals surface area contributed by atoms with Crippen molar-refractivity contribution in [3.05, 3.63) is 30.3 Å². The van der Waals surface area contributed by atoms with Gasteiger partial charge in [0.05, 0.1) is 18.5 Å². The van der Waals surface area contributed by atoms with E-state index in [0.29, 0.717) is 10.7 Å². The first kappa shape index (κ1) is 19.2. The van der Waals surface area contributed by atoms with Gasteiger partial charge in [-0.2, -0.15) is 0 Å². The van der Waals surface area contributed by atoms with Gasteiger partial charge in [0.25, 0.3) is 0 Å². The molecule has 0 fully saturated rings. The van der Waals surface area contributed by atoms with Crippen molar-refractivity contribution in [3.63, 3.8) is 0 Å². The van der Waals surface area contributed by atoms with Crippen LogP contribution in [0.2, 0.25) is 0 Å². The molecule has 0 aromatic heterocycles. The van der Waals surface area contributed by atoms with E-state index in [1.54, 1.807) is 18.2 Å². The molecule has 0 aliphatic heterocycles. The topological polar surface area (TPSA) is 98.0 Å². The molecule has 1 aromatic rings. The third-order valence-corrected chi connectivity index (χ3v) is 5.68. The van der Waals surface area contributed by atoms with Crippen LogP contribution < -0.4 is 5.30 Å². The molecule has 110 valence electrons. The highest BCUT2D eigenvalue weighted by Gasteiger charge is 2.25. The van der Waals surface area contributed by atoms with E-state index in [0.717, 1.165) is 0 Å². The Kier molecular flexibility index (Phi) is 9.36. The van der Waals surface area contributed by atoms with Gasteiger partial charge in [-0.25, -0.2) is 0 Å². The first-order valence-corrected chi connectivity index (χ1v) is 9.15. The van der Waals surface area contributed by atoms with Crippen LogP contribution in [-0.4, -0.2) is 43.9 Å². The fraction of sp³-hybridized carbons (Fsp3) is 0.455. The molecule has 0 heterocycles. The normalized spacial score (nSPS) is 11.7. The number of aliphatic hydroxyl groups excluding tert-OH is 2. The Labute approximate surface area is 129 Å². The molecule has 0 bridgehead atoms. The van der Waals surface area contributed by atoms with Gasteiger partial charge in [0, 0.05) is 16.1 Å². The molecule has 5 nitrogen and oxygen atoms in total. The van der Waals surface area contributed by atoms with Gasteiger partial charge in [0.15, 0.2) is 0 Å². The average Bonchev–Trinajstić information content (AvgIpc) is 2.43. The Morgan fingerprint density at radius 1 is 1.00 bits per heavy atom. The van der Waals surface area contributed by atoms with Crippen LogP contribution in [0, 0.1) is 5.41 Å². The predicted molar refractivity (Wildman–Crippen MR) is 82.3 cm³/mol. The van der Waals surface area contributed by atoms with E-state index in [-0.39, 0.29) is 23.9 Å². The van der Waals surface area contributed by atoms with Gasteiger partial charge in [-0.3, -0.25) is 4.57 Å². The molecule has 8 heteroatoms. The molecule has 4 N–H and O–H groups in total. The lowest BCUT2D eigenvalue weighted by molar-refractivity contribution is 0.0952. The minimum absolute atomic E-state index is 0. The van der Waals surface area contributed by atoms with Crippen LogP contribution in [0.1, 0.15) is 0 Å². The predicted octanol–water partition coefficient (Wildman–Crippen LogP) is 1.24. The molecular weight excluding hydrogens is 403 g/mol. The minimum Gasteiger partial charge on any atom is -0.396 e. The van der Waals surface area contributed by atoms with Crippen molar-refractivity contribution in [1.82, 2.24) is 0 Å². The lowest BCUT2D eigenvalue weighted by Gasteiger charge is -2.23. The van der Waals surface area contributed by atoms with E-state index in [4.69, 9.17) is 20.0 Å². The zero-order chi connectivity index (χ0) is 14.9. The molecule has 0 radical (unpaired) electrons. The lowest BCUT2D eigenvalue weighted by Crippen LogP contribution is -2.33. The maximum Gasteiger partial charge on any atom is 0.356 e. The minimum atomic E-state index is -4.02. The SMILES string of the molecule is O=P(O)(O)c1ccccc1.OCC(CO)(CBr)CBr. The zero-order valence-electron chi connectivity index (χ0n) is 10.1. The van der Waals surface area contributed by atoms with Crippen molar-refractivity contribution in [3.8, 4) is 0 Å². The molecule has 0 aliphatic carbocycles. The Balaban J connectivity index is 0.000000344. The highest BCUT2D eigenvalue weighted by atomic mass is 79.9. The summed E-state index contributed by atoms with van der Waals surface area (Å²) in [4.78, 5) is 17.2. The molecule has 19 heavy (non-hydrogen) atoms.